The molecular formula is C29H37N3O2. The minimum Gasteiger partial charge on any atom is -0.492 e. The molecule has 2 aliphatic heterocycles. The van der Waals surface area contributed by atoms with Crippen molar-refractivity contribution in [2.24, 2.45) is 11.8 Å². The first-order chi connectivity index (χ1) is 16.6. The summed E-state index contributed by atoms with van der Waals surface area (Å²) in [4.78, 5) is 22.1. The Morgan fingerprint density at radius 2 is 1.91 bits per heavy atom. The Hall–Kier alpha value is -2.40. The van der Waals surface area contributed by atoms with Crippen molar-refractivity contribution in [3.05, 3.63) is 58.9 Å². The van der Waals surface area contributed by atoms with Gasteiger partial charge in [0.05, 0.1) is 12.8 Å². The van der Waals surface area contributed by atoms with Gasteiger partial charge >= 0.3 is 0 Å². The first kappa shape index (κ1) is 22.1. The van der Waals surface area contributed by atoms with Crippen molar-refractivity contribution in [2.45, 2.75) is 76.4 Å². The zero-order chi connectivity index (χ0) is 23.1. The number of fused-ring (bicyclic) bond motifs is 4. The van der Waals surface area contributed by atoms with Crippen LogP contribution in [0.3, 0.4) is 0 Å². The minimum absolute atomic E-state index is 0.000959. The lowest BCUT2D eigenvalue weighted by Gasteiger charge is -2.45. The van der Waals surface area contributed by atoms with Gasteiger partial charge in [-0.2, -0.15) is 0 Å². The number of carbonyl (C=O) groups is 1. The van der Waals surface area contributed by atoms with Crippen LogP contribution in [0, 0.1) is 11.8 Å². The van der Waals surface area contributed by atoms with E-state index in [1.807, 2.05) is 18.0 Å². The fourth-order valence-electron chi connectivity index (χ4n) is 6.26. The van der Waals surface area contributed by atoms with E-state index in [-0.39, 0.29) is 11.9 Å². The number of hydrogen-bond acceptors (Lipinski definition) is 4. The molecule has 1 aromatic heterocycles. The molecule has 7 rings (SSSR count). The minimum atomic E-state index is -0.000959. The fraction of sp³-hybridized carbons (Fsp3) is 0.586. The zero-order valence-electron chi connectivity index (χ0n) is 20.4. The summed E-state index contributed by atoms with van der Waals surface area (Å²) in [5.41, 5.74) is 4.84. The van der Waals surface area contributed by atoms with Gasteiger partial charge in [-0.1, -0.05) is 18.2 Å². The standard InChI is InChI=1S/C29H37N3O2/c1-31(29(33)28-13-12-27(16-30-28)34-19-21-2-3-21)26-11-8-23-14-22(4-7-24(23)15-26)18-32-17-20-5-9-25(32)10-6-20/h4,7,12-14,16,20-21,25-26H,2-3,5-6,8-11,15,17-19H2,1H3/t20?,25?,26-/m0/s1. The van der Waals surface area contributed by atoms with Crippen LogP contribution in [0.4, 0.5) is 0 Å². The van der Waals surface area contributed by atoms with Crippen LogP contribution in [0.5, 0.6) is 5.75 Å². The van der Waals surface area contributed by atoms with Crippen molar-refractivity contribution in [3.63, 3.8) is 0 Å². The van der Waals surface area contributed by atoms with E-state index in [2.05, 4.69) is 28.1 Å². The second-order valence-corrected chi connectivity index (χ2v) is 11.2. The van der Waals surface area contributed by atoms with E-state index in [0.29, 0.717) is 11.6 Å². The molecule has 5 heteroatoms. The second kappa shape index (κ2) is 9.33. The van der Waals surface area contributed by atoms with E-state index in [0.717, 1.165) is 50.1 Å². The summed E-state index contributed by atoms with van der Waals surface area (Å²) < 4.78 is 5.76. The van der Waals surface area contributed by atoms with Crippen molar-refractivity contribution in [2.75, 3.05) is 20.2 Å². The van der Waals surface area contributed by atoms with E-state index in [9.17, 15) is 4.79 Å². The normalized spacial score (nSPS) is 26.2. The number of carbonyl (C=O) groups excluding carboxylic acids is 1. The molecule has 5 nitrogen and oxygen atoms in total. The number of pyridine rings is 1. The molecule has 3 aliphatic carbocycles. The fourth-order valence-corrected chi connectivity index (χ4v) is 6.26. The summed E-state index contributed by atoms with van der Waals surface area (Å²) in [6.45, 7) is 3.15. The number of amides is 1. The quantitative estimate of drug-likeness (QED) is 0.592. The average molecular weight is 460 g/mol. The first-order valence-corrected chi connectivity index (χ1v) is 13.3. The van der Waals surface area contributed by atoms with Crippen LogP contribution < -0.4 is 4.74 Å². The average Bonchev–Trinajstić information content (AvgIpc) is 3.72. The van der Waals surface area contributed by atoms with E-state index in [1.54, 1.807) is 12.3 Å². The van der Waals surface area contributed by atoms with Crippen LogP contribution in [0.1, 0.15) is 72.1 Å². The number of aromatic nitrogens is 1. The molecule has 0 unspecified atom stereocenters. The van der Waals surface area contributed by atoms with Gasteiger partial charge in [0, 0.05) is 32.2 Å². The number of likely N-dealkylation sites (N-methyl/N-ethyl adjacent to an activating group) is 1. The van der Waals surface area contributed by atoms with Crippen LogP contribution in [0.2, 0.25) is 0 Å². The van der Waals surface area contributed by atoms with E-state index in [1.165, 1.54) is 61.8 Å². The summed E-state index contributed by atoms with van der Waals surface area (Å²) in [5.74, 6) is 2.39. The summed E-state index contributed by atoms with van der Waals surface area (Å²) in [5, 5.41) is 0. The maximum atomic E-state index is 13.1. The molecule has 1 amide bonds. The van der Waals surface area contributed by atoms with Crippen LogP contribution in [-0.4, -0.2) is 53.0 Å². The molecule has 180 valence electrons. The predicted octanol–water partition coefficient (Wildman–Crippen LogP) is 4.87. The zero-order valence-corrected chi connectivity index (χ0v) is 20.4. The van der Waals surface area contributed by atoms with E-state index < -0.39 is 0 Å². The highest BCUT2D eigenvalue weighted by atomic mass is 16.5. The molecule has 34 heavy (non-hydrogen) atoms. The lowest BCUT2D eigenvalue weighted by molar-refractivity contribution is 0.0426. The third-order valence-electron chi connectivity index (χ3n) is 8.69. The monoisotopic (exact) mass is 459 g/mol. The number of aryl methyl sites for hydroxylation is 1. The molecule has 2 saturated carbocycles. The highest BCUT2D eigenvalue weighted by Gasteiger charge is 2.33. The predicted molar refractivity (Wildman–Crippen MR) is 133 cm³/mol. The molecule has 1 aromatic carbocycles. The SMILES string of the molecule is CN(C(=O)c1ccc(OCC2CC2)cn1)[C@H]1CCc2cc(CN3CC4CCC3CC4)ccc2C1. The molecule has 5 aliphatic rings. The molecule has 3 heterocycles. The number of nitrogens with zero attached hydrogens (tertiary/aromatic N) is 3. The van der Waals surface area contributed by atoms with Gasteiger partial charge in [0.25, 0.3) is 5.91 Å². The number of ether oxygens (including phenoxy) is 1. The second-order valence-electron chi connectivity index (χ2n) is 11.2. The third-order valence-corrected chi connectivity index (χ3v) is 8.69. The number of piperidine rings is 2. The molecule has 0 spiro atoms. The maximum Gasteiger partial charge on any atom is 0.272 e. The van der Waals surface area contributed by atoms with Crippen molar-refractivity contribution in [3.8, 4) is 5.75 Å². The van der Waals surface area contributed by atoms with Gasteiger partial charge in [-0.3, -0.25) is 9.69 Å². The van der Waals surface area contributed by atoms with Crippen molar-refractivity contribution < 1.29 is 9.53 Å². The molecule has 2 saturated heterocycles. The number of rotatable bonds is 7. The summed E-state index contributed by atoms with van der Waals surface area (Å²) in [7, 11) is 1.93. The molecular weight excluding hydrogens is 422 g/mol. The van der Waals surface area contributed by atoms with Crippen molar-refractivity contribution in [1.82, 2.24) is 14.8 Å². The smallest absolute Gasteiger partial charge is 0.272 e. The van der Waals surface area contributed by atoms with Crippen molar-refractivity contribution >= 4 is 5.91 Å². The molecule has 0 N–H and O–H groups in total. The summed E-state index contributed by atoms with van der Waals surface area (Å²) >= 11 is 0. The van der Waals surface area contributed by atoms with Gasteiger partial charge in [-0.15, -0.1) is 0 Å². The molecule has 2 aromatic rings. The van der Waals surface area contributed by atoms with Gasteiger partial charge in [0.1, 0.15) is 11.4 Å². The Balaban J connectivity index is 1.06. The van der Waals surface area contributed by atoms with Gasteiger partial charge in [-0.25, -0.2) is 4.98 Å². The Bertz CT molecular complexity index is 1020. The van der Waals surface area contributed by atoms with Gasteiger partial charge in [0.2, 0.25) is 0 Å². The van der Waals surface area contributed by atoms with Crippen LogP contribution in [0.15, 0.2) is 36.5 Å². The Labute approximate surface area is 203 Å². The Kier molecular flexibility index (Phi) is 6.06. The molecule has 0 radical (unpaired) electrons. The van der Waals surface area contributed by atoms with Gasteiger partial charge < -0.3 is 9.64 Å². The lowest BCUT2D eigenvalue weighted by Crippen LogP contribution is -2.47. The third kappa shape index (κ3) is 4.72. The Morgan fingerprint density at radius 1 is 1.06 bits per heavy atom. The first-order valence-electron chi connectivity index (χ1n) is 13.3. The molecule has 4 fully saturated rings. The summed E-state index contributed by atoms with van der Waals surface area (Å²) in [6, 6.07) is 11.8. The molecule has 2 bridgehead atoms. The Morgan fingerprint density at radius 3 is 2.62 bits per heavy atom. The summed E-state index contributed by atoms with van der Waals surface area (Å²) in [6.07, 6.45) is 12.9. The van der Waals surface area contributed by atoms with E-state index in [4.69, 9.17) is 4.74 Å². The van der Waals surface area contributed by atoms with Crippen LogP contribution in [-0.2, 0) is 19.4 Å². The highest BCUT2D eigenvalue weighted by Crippen LogP contribution is 2.36. The topological polar surface area (TPSA) is 45.7 Å². The lowest BCUT2D eigenvalue weighted by atomic mass is 9.79. The highest BCUT2D eigenvalue weighted by molar-refractivity contribution is 5.92. The van der Waals surface area contributed by atoms with E-state index >= 15 is 0 Å². The van der Waals surface area contributed by atoms with Crippen LogP contribution in [0.25, 0.3) is 0 Å². The van der Waals surface area contributed by atoms with Gasteiger partial charge in [-0.05, 0) is 98.4 Å². The van der Waals surface area contributed by atoms with Crippen molar-refractivity contribution in [1.29, 1.82) is 0 Å². The van der Waals surface area contributed by atoms with Gasteiger partial charge in [0.15, 0.2) is 0 Å². The van der Waals surface area contributed by atoms with Crippen LogP contribution >= 0.6 is 0 Å². The number of benzene rings is 1. The maximum absolute atomic E-state index is 13.1. The molecule has 1 atom stereocenters. The largest absolute Gasteiger partial charge is 0.492 e. The number of hydrogen-bond donors (Lipinski definition) is 0.